The Kier molecular flexibility index (Phi) is 4.19. The average molecular weight is 326 g/mol. The predicted molar refractivity (Wildman–Crippen MR) is 93.8 cm³/mol. The maximum atomic E-state index is 12.6. The van der Waals surface area contributed by atoms with Crippen LogP contribution in [0.25, 0.3) is 0 Å². The van der Waals surface area contributed by atoms with Gasteiger partial charge in [-0.25, -0.2) is 0 Å². The largest absolute Gasteiger partial charge is 0.336 e. The van der Waals surface area contributed by atoms with Crippen LogP contribution in [0, 0.1) is 0 Å². The zero-order valence-electron chi connectivity index (χ0n) is 13.3. The van der Waals surface area contributed by atoms with Crippen molar-refractivity contribution in [3.63, 3.8) is 0 Å². The van der Waals surface area contributed by atoms with E-state index >= 15 is 0 Å². The zero-order chi connectivity index (χ0) is 15.6. The third kappa shape index (κ3) is 3.06. The first-order chi connectivity index (χ1) is 11.3. The van der Waals surface area contributed by atoms with E-state index in [9.17, 15) is 4.79 Å². The van der Waals surface area contributed by atoms with E-state index in [0.717, 1.165) is 43.9 Å². The van der Waals surface area contributed by atoms with Crippen molar-refractivity contribution in [2.24, 2.45) is 0 Å². The molecule has 3 heterocycles. The minimum atomic E-state index is 0.210. The summed E-state index contributed by atoms with van der Waals surface area (Å²) >= 11 is 1.55. The highest BCUT2D eigenvalue weighted by atomic mass is 32.1. The van der Waals surface area contributed by atoms with Gasteiger partial charge in [0.05, 0.1) is 4.88 Å². The standard InChI is InChI=1S/C19H22N2OS/c22-19(18-8-4-12-23-18)21-10-3-7-17(14-21)20-11-9-15-5-1-2-6-16(15)13-20/h1-2,4-6,8,12,17H,3,7,9-11,13-14H2/t17-/m0/s1. The molecule has 2 aromatic rings. The van der Waals surface area contributed by atoms with Gasteiger partial charge in [0.1, 0.15) is 0 Å². The van der Waals surface area contributed by atoms with E-state index in [2.05, 4.69) is 34.1 Å². The lowest BCUT2D eigenvalue weighted by Crippen LogP contribution is -2.50. The molecule has 0 unspecified atom stereocenters. The number of hydrogen-bond donors (Lipinski definition) is 0. The summed E-state index contributed by atoms with van der Waals surface area (Å²) in [5.41, 5.74) is 2.95. The molecule has 4 heteroatoms. The molecule has 0 bridgehead atoms. The maximum Gasteiger partial charge on any atom is 0.263 e. The van der Waals surface area contributed by atoms with E-state index in [0.29, 0.717) is 6.04 Å². The highest BCUT2D eigenvalue weighted by Gasteiger charge is 2.30. The summed E-state index contributed by atoms with van der Waals surface area (Å²) < 4.78 is 0. The van der Waals surface area contributed by atoms with Gasteiger partial charge in [-0.05, 0) is 41.8 Å². The highest BCUT2D eigenvalue weighted by Crippen LogP contribution is 2.25. The number of amides is 1. The van der Waals surface area contributed by atoms with Crippen LogP contribution in [0.5, 0.6) is 0 Å². The number of rotatable bonds is 2. The number of benzene rings is 1. The molecule has 0 saturated carbocycles. The van der Waals surface area contributed by atoms with Gasteiger partial charge in [0.15, 0.2) is 0 Å². The van der Waals surface area contributed by atoms with Crippen molar-refractivity contribution in [3.05, 3.63) is 57.8 Å². The maximum absolute atomic E-state index is 12.6. The smallest absolute Gasteiger partial charge is 0.263 e. The highest BCUT2D eigenvalue weighted by molar-refractivity contribution is 7.12. The first-order valence-corrected chi connectivity index (χ1v) is 9.33. The summed E-state index contributed by atoms with van der Waals surface area (Å²) in [7, 11) is 0. The molecule has 0 aliphatic carbocycles. The van der Waals surface area contributed by atoms with Gasteiger partial charge < -0.3 is 4.90 Å². The van der Waals surface area contributed by atoms with Gasteiger partial charge in [0.2, 0.25) is 0 Å². The lowest BCUT2D eigenvalue weighted by molar-refractivity contribution is 0.0553. The molecule has 23 heavy (non-hydrogen) atoms. The van der Waals surface area contributed by atoms with Crippen molar-refractivity contribution in [2.45, 2.75) is 31.8 Å². The number of hydrogen-bond acceptors (Lipinski definition) is 3. The normalized spacial score (nSPS) is 21.9. The lowest BCUT2D eigenvalue weighted by atomic mass is 9.96. The van der Waals surface area contributed by atoms with Gasteiger partial charge in [-0.1, -0.05) is 30.3 Å². The van der Waals surface area contributed by atoms with Crippen molar-refractivity contribution in [3.8, 4) is 0 Å². The minimum absolute atomic E-state index is 0.210. The second-order valence-corrected chi connectivity index (χ2v) is 7.46. The number of piperidine rings is 1. The SMILES string of the molecule is O=C(c1cccs1)N1CCC[C@H](N2CCc3ccccc3C2)C1. The van der Waals surface area contributed by atoms with E-state index in [-0.39, 0.29) is 5.91 Å². The number of nitrogens with zero attached hydrogens (tertiary/aromatic N) is 2. The number of likely N-dealkylation sites (tertiary alicyclic amines) is 1. The van der Waals surface area contributed by atoms with Crippen LogP contribution in [0.4, 0.5) is 0 Å². The van der Waals surface area contributed by atoms with Crippen molar-refractivity contribution in [1.82, 2.24) is 9.80 Å². The molecule has 1 aromatic carbocycles. The summed E-state index contributed by atoms with van der Waals surface area (Å²) in [5, 5.41) is 1.98. The van der Waals surface area contributed by atoms with Gasteiger partial charge in [-0.2, -0.15) is 0 Å². The Bertz CT molecular complexity index is 682. The van der Waals surface area contributed by atoms with E-state index in [4.69, 9.17) is 0 Å². The molecule has 1 saturated heterocycles. The van der Waals surface area contributed by atoms with Gasteiger partial charge in [-0.3, -0.25) is 9.69 Å². The Morgan fingerprint density at radius 2 is 1.96 bits per heavy atom. The molecule has 2 aliphatic heterocycles. The zero-order valence-corrected chi connectivity index (χ0v) is 14.1. The van der Waals surface area contributed by atoms with Crippen LogP contribution < -0.4 is 0 Å². The number of carbonyl (C=O) groups excluding carboxylic acids is 1. The molecule has 1 fully saturated rings. The summed E-state index contributed by atoms with van der Waals surface area (Å²) in [4.78, 5) is 18.1. The van der Waals surface area contributed by atoms with E-state index in [1.165, 1.54) is 17.5 Å². The summed E-state index contributed by atoms with van der Waals surface area (Å²) in [6.45, 7) is 3.92. The third-order valence-corrected chi connectivity index (χ3v) is 5.95. The molecule has 4 rings (SSSR count). The third-order valence-electron chi connectivity index (χ3n) is 5.09. The number of carbonyl (C=O) groups is 1. The molecule has 0 radical (unpaired) electrons. The van der Waals surface area contributed by atoms with Gasteiger partial charge in [-0.15, -0.1) is 11.3 Å². The van der Waals surface area contributed by atoms with E-state index in [1.807, 2.05) is 17.5 Å². The van der Waals surface area contributed by atoms with Crippen molar-refractivity contribution in [1.29, 1.82) is 0 Å². The fraction of sp³-hybridized carbons (Fsp3) is 0.421. The molecule has 1 aromatic heterocycles. The summed E-state index contributed by atoms with van der Waals surface area (Å²) in [6, 6.07) is 13.2. The Morgan fingerprint density at radius 1 is 1.09 bits per heavy atom. The molecule has 0 N–H and O–H groups in total. The molecule has 1 atom stereocenters. The molecule has 1 amide bonds. The van der Waals surface area contributed by atoms with Crippen LogP contribution in [0.1, 0.15) is 33.6 Å². The topological polar surface area (TPSA) is 23.6 Å². The predicted octanol–water partition coefficient (Wildman–Crippen LogP) is 3.41. The van der Waals surface area contributed by atoms with Crippen LogP contribution in [0.15, 0.2) is 41.8 Å². The minimum Gasteiger partial charge on any atom is -0.336 e. The molecule has 2 aliphatic rings. The van der Waals surface area contributed by atoms with Crippen LogP contribution in [0.3, 0.4) is 0 Å². The molecule has 120 valence electrons. The Labute approximate surface area is 141 Å². The Morgan fingerprint density at radius 3 is 2.78 bits per heavy atom. The summed E-state index contributed by atoms with van der Waals surface area (Å²) in [5.74, 6) is 0.210. The Hall–Kier alpha value is -1.65. The van der Waals surface area contributed by atoms with E-state index in [1.54, 1.807) is 11.3 Å². The second kappa shape index (κ2) is 6.46. The van der Waals surface area contributed by atoms with Crippen LogP contribution >= 0.6 is 11.3 Å². The molecular formula is C19H22N2OS. The van der Waals surface area contributed by atoms with Gasteiger partial charge in [0.25, 0.3) is 5.91 Å². The molecule has 0 spiro atoms. The second-order valence-electron chi connectivity index (χ2n) is 6.51. The van der Waals surface area contributed by atoms with Crippen molar-refractivity contribution < 1.29 is 4.79 Å². The number of fused-ring (bicyclic) bond motifs is 1. The first kappa shape index (κ1) is 14.9. The van der Waals surface area contributed by atoms with Gasteiger partial charge in [0, 0.05) is 32.2 Å². The fourth-order valence-electron chi connectivity index (χ4n) is 3.82. The summed E-state index contributed by atoms with van der Waals surface area (Å²) in [6.07, 6.45) is 3.45. The van der Waals surface area contributed by atoms with Crippen LogP contribution in [-0.4, -0.2) is 41.4 Å². The van der Waals surface area contributed by atoms with Crippen molar-refractivity contribution in [2.75, 3.05) is 19.6 Å². The first-order valence-electron chi connectivity index (χ1n) is 8.45. The monoisotopic (exact) mass is 326 g/mol. The molecule has 3 nitrogen and oxygen atoms in total. The average Bonchev–Trinajstić information content (AvgIpc) is 3.15. The quantitative estimate of drug-likeness (QED) is 0.844. The van der Waals surface area contributed by atoms with Crippen LogP contribution in [-0.2, 0) is 13.0 Å². The lowest BCUT2D eigenvalue weighted by Gasteiger charge is -2.41. The van der Waals surface area contributed by atoms with Gasteiger partial charge >= 0.3 is 0 Å². The Balaban J connectivity index is 1.45. The van der Waals surface area contributed by atoms with E-state index < -0.39 is 0 Å². The van der Waals surface area contributed by atoms with Crippen molar-refractivity contribution >= 4 is 17.2 Å². The molecular weight excluding hydrogens is 304 g/mol. The number of thiophene rings is 1. The fourth-order valence-corrected chi connectivity index (χ4v) is 4.51. The van der Waals surface area contributed by atoms with Crippen LogP contribution in [0.2, 0.25) is 0 Å².